The summed E-state index contributed by atoms with van der Waals surface area (Å²) in [5.41, 5.74) is 6.38. The first-order valence-electron chi connectivity index (χ1n) is 6.24. The van der Waals surface area contributed by atoms with Crippen molar-refractivity contribution in [3.8, 4) is 5.75 Å². The van der Waals surface area contributed by atoms with Crippen LogP contribution in [0, 0.1) is 11.6 Å². The lowest BCUT2D eigenvalue weighted by atomic mass is 10.3. The van der Waals surface area contributed by atoms with E-state index in [9.17, 15) is 8.78 Å². The minimum Gasteiger partial charge on any atom is -0.493 e. The molecule has 0 atom stereocenters. The molecule has 0 aliphatic heterocycles. The van der Waals surface area contributed by atoms with E-state index in [1.54, 1.807) is 12.1 Å². The molecule has 2 aromatic carbocycles. The molecule has 2 nitrogen and oxygen atoms in total. The molecule has 0 amide bonds. The van der Waals surface area contributed by atoms with Gasteiger partial charge in [0, 0.05) is 21.5 Å². The Morgan fingerprint density at radius 3 is 2.55 bits per heavy atom. The number of rotatable bonds is 5. The van der Waals surface area contributed by atoms with Gasteiger partial charge in [0.15, 0.2) is 11.6 Å². The van der Waals surface area contributed by atoms with Crippen molar-refractivity contribution in [2.75, 3.05) is 12.3 Å². The molecule has 0 saturated carbocycles. The number of benzene rings is 2. The second kappa shape index (κ2) is 6.61. The molecule has 2 rings (SSSR count). The highest BCUT2D eigenvalue weighted by Crippen LogP contribution is 2.32. The average Bonchev–Trinajstić information content (AvgIpc) is 2.40. The summed E-state index contributed by atoms with van der Waals surface area (Å²) in [5.74, 6) is -1.04. The van der Waals surface area contributed by atoms with Crippen molar-refractivity contribution < 1.29 is 13.5 Å². The molecular formula is C15H15F2NOS. The molecule has 2 N–H and O–H groups in total. The van der Waals surface area contributed by atoms with E-state index in [1.807, 2.05) is 13.0 Å². The van der Waals surface area contributed by atoms with Crippen LogP contribution in [0.4, 0.5) is 14.5 Å². The SMILES string of the molecule is CCCOc1cc(N)cc(Sc2ccc(F)c(F)c2)c1. The van der Waals surface area contributed by atoms with Crippen LogP contribution in [0.25, 0.3) is 0 Å². The molecule has 0 aliphatic carbocycles. The second-order valence-corrected chi connectivity index (χ2v) is 5.41. The summed E-state index contributed by atoms with van der Waals surface area (Å²) in [6.07, 6.45) is 0.903. The zero-order valence-electron chi connectivity index (χ0n) is 11.0. The Balaban J connectivity index is 2.19. The van der Waals surface area contributed by atoms with Gasteiger partial charge in [-0.25, -0.2) is 8.78 Å². The van der Waals surface area contributed by atoms with Crippen molar-refractivity contribution in [3.05, 3.63) is 48.0 Å². The largest absolute Gasteiger partial charge is 0.493 e. The molecule has 0 radical (unpaired) electrons. The normalized spacial score (nSPS) is 10.6. The fourth-order valence-electron chi connectivity index (χ4n) is 1.63. The van der Waals surface area contributed by atoms with Crippen LogP contribution in [0.3, 0.4) is 0 Å². The Labute approximate surface area is 120 Å². The monoisotopic (exact) mass is 295 g/mol. The summed E-state index contributed by atoms with van der Waals surface area (Å²) in [7, 11) is 0. The van der Waals surface area contributed by atoms with Gasteiger partial charge in [0.2, 0.25) is 0 Å². The lowest BCUT2D eigenvalue weighted by Gasteiger charge is -2.09. The van der Waals surface area contributed by atoms with Crippen molar-refractivity contribution in [2.24, 2.45) is 0 Å². The van der Waals surface area contributed by atoms with Crippen LogP contribution in [0.1, 0.15) is 13.3 Å². The summed E-state index contributed by atoms with van der Waals surface area (Å²) in [4.78, 5) is 1.43. The van der Waals surface area contributed by atoms with Crippen LogP contribution in [0.5, 0.6) is 5.75 Å². The van der Waals surface area contributed by atoms with E-state index in [1.165, 1.54) is 17.8 Å². The minimum atomic E-state index is -0.860. The molecule has 0 bridgehead atoms. The number of anilines is 1. The van der Waals surface area contributed by atoms with E-state index >= 15 is 0 Å². The van der Waals surface area contributed by atoms with E-state index in [-0.39, 0.29) is 0 Å². The van der Waals surface area contributed by atoms with Crippen LogP contribution in [0.15, 0.2) is 46.2 Å². The maximum Gasteiger partial charge on any atom is 0.159 e. The Morgan fingerprint density at radius 2 is 1.85 bits per heavy atom. The number of ether oxygens (including phenoxy) is 1. The standard InChI is InChI=1S/C15H15F2NOS/c1-2-5-19-11-6-10(18)7-13(8-11)20-12-3-4-14(16)15(17)9-12/h3-4,6-9H,2,5,18H2,1H3. The van der Waals surface area contributed by atoms with Crippen molar-refractivity contribution in [2.45, 2.75) is 23.1 Å². The maximum absolute atomic E-state index is 13.2. The molecule has 0 unspecified atom stereocenters. The predicted octanol–water partition coefficient (Wildman–Crippen LogP) is 4.49. The van der Waals surface area contributed by atoms with E-state index in [0.717, 1.165) is 23.4 Å². The highest BCUT2D eigenvalue weighted by atomic mass is 32.2. The zero-order chi connectivity index (χ0) is 14.5. The maximum atomic E-state index is 13.2. The predicted molar refractivity (Wildman–Crippen MR) is 77.1 cm³/mol. The molecule has 0 saturated heterocycles. The van der Waals surface area contributed by atoms with Gasteiger partial charge in [-0.15, -0.1) is 0 Å². The fourth-order valence-corrected chi connectivity index (χ4v) is 2.57. The van der Waals surface area contributed by atoms with Crippen LogP contribution >= 0.6 is 11.8 Å². The molecule has 0 aromatic heterocycles. The van der Waals surface area contributed by atoms with Gasteiger partial charge in [0.25, 0.3) is 0 Å². The Bertz CT molecular complexity index is 604. The number of hydrogen-bond acceptors (Lipinski definition) is 3. The number of halogens is 2. The van der Waals surface area contributed by atoms with E-state index in [2.05, 4.69) is 0 Å². The van der Waals surface area contributed by atoms with Gasteiger partial charge < -0.3 is 10.5 Å². The quantitative estimate of drug-likeness (QED) is 0.826. The van der Waals surface area contributed by atoms with Crippen LogP contribution in [0.2, 0.25) is 0 Å². The van der Waals surface area contributed by atoms with Crippen LogP contribution < -0.4 is 10.5 Å². The van der Waals surface area contributed by atoms with Crippen molar-refractivity contribution in [1.29, 1.82) is 0 Å². The first-order valence-corrected chi connectivity index (χ1v) is 7.06. The molecule has 0 aliphatic rings. The first-order chi connectivity index (χ1) is 9.58. The number of hydrogen-bond donors (Lipinski definition) is 1. The van der Waals surface area contributed by atoms with Crippen molar-refractivity contribution in [1.82, 2.24) is 0 Å². The fraction of sp³-hybridized carbons (Fsp3) is 0.200. The summed E-state index contributed by atoms with van der Waals surface area (Å²) in [5, 5.41) is 0. The van der Waals surface area contributed by atoms with Crippen molar-refractivity contribution >= 4 is 17.4 Å². The smallest absolute Gasteiger partial charge is 0.159 e. The molecule has 5 heteroatoms. The average molecular weight is 295 g/mol. The minimum absolute atomic E-state index is 0.573. The summed E-state index contributed by atoms with van der Waals surface area (Å²) in [6.45, 7) is 2.63. The Kier molecular flexibility index (Phi) is 4.84. The van der Waals surface area contributed by atoms with Crippen LogP contribution in [-0.2, 0) is 0 Å². The van der Waals surface area contributed by atoms with Crippen LogP contribution in [-0.4, -0.2) is 6.61 Å². The zero-order valence-corrected chi connectivity index (χ0v) is 11.8. The third-order valence-electron chi connectivity index (χ3n) is 2.50. The van der Waals surface area contributed by atoms with Gasteiger partial charge in [-0.2, -0.15) is 0 Å². The lowest BCUT2D eigenvalue weighted by molar-refractivity contribution is 0.317. The molecule has 20 heavy (non-hydrogen) atoms. The summed E-state index contributed by atoms with van der Waals surface area (Å²) < 4.78 is 31.6. The Hall–Kier alpha value is -1.75. The molecular weight excluding hydrogens is 280 g/mol. The first kappa shape index (κ1) is 14.7. The van der Waals surface area contributed by atoms with Crippen molar-refractivity contribution in [3.63, 3.8) is 0 Å². The highest BCUT2D eigenvalue weighted by Gasteiger charge is 2.06. The van der Waals surface area contributed by atoms with Gasteiger partial charge in [-0.05, 0) is 36.8 Å². The number of nitrogens with two attached hydrogens (primary N) is 1. The van der Waals surface area contributed by atoms with E-state index < -0.39 is 11.6 Å². The lowest BCUT2D eigenvalue weighted by Crippen LogP contribution is -1.96. The van der Waals surface area contributed by atoms with Gasteiger partial charge in [0.1, 0.15) is 5.75 Å². The third-order valence-corrected chi connectivity index (χ3v) is 3.46. The Morgan fingerprint density at radius 1 is 1.05 bits per heavy atom. The molecule has 0 heterocycles. The second-order valence-electron chi connectivity index (χ2n) is 4.26. The molecule has 0 fully saturated rings. The highest BCUT2D eigenvalue weighted by molar-refractivity contribution is 7.99. The van der Waals surface area contributed by atoms with Gasteiger partial charge >= 0.3 is 0 Å². The third kappa shape index (κ3) is 3.87. The molecule has 106 valence electrons. The van der Waals surface area contributed by atoms with Gasteiger partial charge in [-0.3, -0.25) is 0 Å². The van der Waals surface area contributed by atoms with E-state index in [4.69, 9.17) is 10.5 Å². The summed E-state index contributed by atoms with van der Waals surface area (Å²) in [6, 6.07) is 9.14. The van der Waals surface area contributed by atoms with Gasteiger partial charge in [-0.1, -0.05) is 18.7 Å². The number of nitrogen functional groups attached to an aromatic ring is 1. The van der Waals surface area contributed by atoms with Gasteiger partial charge in [0.05, 0.1) is 6.61 Å². The summed E-state index contributed by atoms with van der Waals surface area (Å²) >= 11 is 1.31. The topological polar surface area (TPSA) is 35.2 Å². The van der Waals surface area contributed by atoms with E-state index in [0.29, 0.717) is 22.9 Å². The molecule has 0 spiro atoms. The molecule has 2 aromatic rings.